The molecule has 3 heterocycles. The molecular weight excluding hydrogens is 392 g/mol. The van der Waals surface area contributed by atoms with E-state index in [4.69, 9.17) is 23.7 Å². The van der Waals surface area contributed by atoms with Crippen LogP contribution in [0, 0.1) is 58.2 Å². The fourth-order valence-electron chi connectivity index (χ4n) is 9.00. The first kappa shape index (κ1) is 20.2. The molecule has 7 aliphatic rings. The van der Waals surface area contributed by atoms with E-state index in [1.807, 2.05) is 0 Å². The third-order valence-corrected chi connectivity index (χ3v) is 11.1. The first-order chi connectivity index (χ1) is 15.2. The van der Waals surface area contributed by atoms with Crippen LogP contribution in [0.1, 0.15) is 39.5 Å². The molecule has 0 spiro atoms. The first-order valence-electron chi connectivity index (χ1n) is 13.1. The van der Waals surface area contributed by atoms with E-state index in [1.165, 1.54) is 12.8 Å². The largest absolute Gasteiger partial charge is 0.380 e. The molecule has 10 unspecified atom stereocenters. The van der Waals surface area contributed by atoms with Gasteiger partial charge in [0.2, 0.25) is 0 Å². The molecule has 5 heteroatoms. The van der Waals surface area contributed by atoms with E-state index >= 15 is 0 Å². The zero-order valence-electron chi connectivity index (χ0n) is 19.3. The van der Waals surface area contributed by atoms with Crippen molar-refractivity contribution in [2.45, 2.75) is 51.7 Å². The maximum absolute atomic E-state index is 6.48. The predicted molar refractivity (Wildman–Crippen MR) is 115 cm³/mol. The minimum absolute atomic E-state index is 0.283. The van der Waals surface area contributed by atoms with E-state index in [-0.39, 0.29) is 10.8 Å². The maximum atomic E-state index is 6.48. The quantitative estimate of drug-likeness (QED) is 0.391. The van der Waals surface area contributed by atoms with Gasteiger partial charge in [0.1, 0.15) is 0 Å². The summed E-state index contributed by atoms with van der Waals surface area (Å²) in [6, 6.07) is 0. The Morgan fingerprint density at radius 3 is 1.52 bits per heavy atom. The van der Waals surface area contributed by atoms with E-state index in [2.05, 4.69) is 13.8 Å². The molecule has 3 aliphatic heterocycles. The van der Waals surface area contributed by atoms with Crippen molar-refractivity contribution in [1.29, 1.82) is 0 Å². The number of fused-ring (bicyclic) bond motifs is 12. The summed E-state index contributed by atoms with van der Waals surface area (Å²) in [5.41, 5.74) is 0.566. The predicted octanol–water partition coefficient (Wildman–Crippen LogP) is 3.40. The molecule has 4 bridgehead atoms. The summed E-state index contributed by atoms with van der Waals surface area (Å²) in [6.07, 6.45) is 6.44. The number of rotatable bonds is 10. The fourth-order valence-corrected chi connectivity index (χ4v) is 9.00. The second-order valence-corrected chi connectivity index (χ2v) is 12.4. The molecule has 3 saturated heterocycles. The summed E-state index contributed by atoms with van der Waals surface area (Å²) < 4.78 is 30.1. The van der Waals surface area contributed by atoms with Crippen molar-refractivity contribution in [2.75, 3.05) is 52.9 Å². The van der Waals surface area contributed by atoms with Crippen LogP contribution >= 0.6 is 0 Å². The van der Waals surface area contributed by atoms with Crippen LogP contribution in [-0.2, 0) is 23.7 Å². The topological polar surface area (TPSA) is 49.5 Å². The van der Waals surface area contributed by atoms with Crippen molar-refractivity contribution < 1.29 is 23.7 Å². The van der Waals surface area contributed by atoms with Gasteiger partial charge in [-0.25, -0.2) is 0 Å². The summed E-state index contributed by atoms with van der Waals surface area (Å²) in [5, 5.41) is 0. The van der Waals surface area contributed by atoms with Gasteiger partial charge in [-0.1, -0.05) is 13.8 Å². The number of ether oxygens (including phenoxy) is 5. The van der Waals surface area contributed by atoms with Gasteiger partial charge in [0.15, 0.2) is 0 Å². The van der Waals surface area contributed by atoms with Crippen LogP contribution in [0.2, 0.25) is 0 Å². The third-order valence-electron chi connectivity index (χ3n) is 11.1. The van der Waals surface area contributed by atoms with Gasteiger partial charge in [-0.15, -0.1) is 0 Å². The molecular formula is C26H40O5. The van der Waals surface area contributed by atoms with Crippen LogP contribution in [0.3, 0.4) is 0 Å². The van der Waals surface area contributed by atoms with E-state index in [0.29, 0.717) is 24.0 Å². The van der Waals surface area contributed by atoms with Crippen LogP contribution in [0.25, 0.3) is 0 Å². The molecule has 7 rings (SSSR count). The Morgan fingerprint density at radius 2 is 1.13 bits per heavy atom. The van der Waals surface area contributed by atoms with E-state index < -0.39 is 0 Å². The van der Waals surface area contributed by atoms with Crippen molar-refractivity contribution in [2.24, 2.45) is 58.2 Å². The minimum atomic E-state index is 0.283. The van der Waals surface area contributed by atoms with Crippen LogP contribution < -0.4 is 0 Å². The Balaban J connectivity index is 1.04. The fraction of sp³-hybridized carbons (Fsp3) is 1.00. The SMILES string of the molecule is CCC1(COCC2C(COCC3(CC)COC3)C3CC2C2C4CC(C5OC45)C32)COC1. The molecule has 174 valence electrons. The molecule has 0 aromatic carbocycles. The molecule has 31 heavy (non-hydrogen) atoms. The Kier molecular flexibility index (Phi) is 4.66. The molecule has 0 radical (unpaired) electrons. The molecule has 7 fully saturated rings. The molecule has 0 N–H and O–H groups in total. The average molecular weight is 433 g/mol. The van der Waals surface area contributed by atoms with Crippen LogP contribution in [0.15, 0.2) is 0 Å². The minimum Gasteiger partial charge on any atom is -0.380 e. The molecule has 0 aromatic heterocycles. The smallest absolute Gasteiger partial charge is 0.0875 e. The van der Waals surface area contributed by atoms with Gasteiger partial charge in [-0.2, -0.15) is 0 Å². The zero-order valence-corrected chi connectivity index (χ0v) is 19.3. The van der Waals surface area contributed by atoms with Crippen molar-refractivity contribution in [1.82, 2.24) is 0 Å². The Labute approximate surface area is 186 Å². The first-order valence-corrected chi connectivity index (χ1v) is 13.1. The lowest BCUT2D eigenvalue weighted by Gasteiger charge is -2.44. The second kappa shape index (κ2) is 7.15. The van der Waals surface area contributed by atoms with Gasteiger partial charge in [-0.05, 0) is 73.0 Å². The Morgan fingerprint density at radius 1 is 0.677 bits per heavy atom. The highest BCUT2D eigenvalue weighted by molar-refractivity contribution is 5.22. The zero-order chi connectivity index (χ0) is 20.8. The lowest BCUT2D eigenvalue weighted by Crippen LogP contribution is -2.48. The second-order valence-electron chi connectivity index (χ2n) is 12.4. The highest BCUT2D eigenvalue weighted by Gasteiger charge is 2.74. The number of hydrogen-bond donors (Lipinski definition) is 0. The molecule has 0 amide bonds. The number of epoxide rings is 1. The van der Waals surface area contributed by atoms with Gasteiger partial charge in [-0.3, -0.25) is 0 Å². The summed E-state index contributed by atoms with van der Waals surface area (Å²) in [5.74, 6) is 6.57. The standard InChI is InChI=1S/C26H40O5/c1-3-25(11-29-12-25)9-27-7-19-15-5-16(20(19)8-28-10-26(4-2)13-30-14-26)22-18-6-17(21(15)22)23-24(18)31-23/h15-24H,3-14H2,1-2H3. The summed E-state index contributed by atoms with van der Waals surface area (Å²) >= 11 is 0. The Hall–Kier alpha value is -0.200. The molecule has 5 nitrogen and oxygen atoms in total. The van der Waals surface area contributed by atoms with E-state index in [1.54, 1.807) is 0 Å². The monoisotopic (exact) mass is 432 g/mol. The van der Waals surface area contributed by atoms with Gasteiger partial charge in [0.05, 0.1) is 65.1 Å². The van der Waals surface area contributed by atoms with Crippen molar-refractivity contribution >= 4 is 0 Å². The maximum Gasteiger partial charge on any atom is 0.0875 e. The summed E-state index contributed by atoms with van der Waals surface area (Å²) in [4.78, 5) is 0. The van der Waals surface area contributed by atoms with Crippen LogP contribution in [0.4, 0.5) is 0 Å². The van der Waals surface area contributed by atoms with Gasteiger partial charge < -0.3 is 23.7 Å². The highest BCUT2D eigenvalue weighted by atomic mass is 16.6. The van der Waals surface area contributed by atoms with Crippen molar-refractivity contribution in [3.63, 3.8) is 0 Å². The molecule has 4 aliphatic carbocycles. The van der Waals surface area contributed by atoms with Gasteiger partial charge in [0.25, 0.3) is 0 Å². The van der Waals surface area contributed by atoms with Crippen molar-refractivity contribution in [3.8, 4) is 0 Å². The normalized spacial score (nSPS) is 51.3. The molecule has 4 saturated carbocycles. The van der Waals surface area contributed by atoms with Gasteiger partial charge in [0, 0.05) is 10.8 Å². The molecule has 0 aromatic rings. The van der Waals surface area contributed by atoms with Gasteiger partial charge >= 0.3 is 0 Å². The van der Waals surface area contributed by atoms with Crippen LogP contribution in [0.5, 0.6) is 0 Å². The third kappa shape index (κ3) is 2.86. The average Bonchev–Trinajstić information content (AvgIpc) is 3.01. The summed E-state index contributed by atoms with van der Waals surface area (Å²) in [7, 11) is 0. The molecule has 10 atom stereocenters. The Bertz CT molecular complexity index is 635. The highest BCUT2D eigenvalue weighted by Crippen LogP contribution is 2.74. The van der Waals surface area contributed by atoms with Crippen molar-refractivity contribution in [3.05, 3.63) is 0 Å². The van der Waals surface area contributed by atoms with Crippen LogP contribution in [-0.4, -0.2) is 65.1 Å². The van der Waals surface area contributed by atoms with E-state index in [0.717, 1.165) is 101 Å². The lowest BCUT2D eigenvalue weighted by atomic mass is 9.63. The number of hydrogen-bond acceptors (Lipinski definition) is 5. The summed E-state index contributed by atoms with van der Waals surface area (Å²) in [6.45, 7) is 11.7. The lowest BCUT2D eigenvalue weighted by molar-refractivity contribution is -0.164. The van der Waals surface area contributed by atoms with E-state index in [9.17, 15) is 0 Å².